The number of rotatable bonds is 8. The number of anilines is 3. The number of nitrogens with zero attached hydrogens (tertiary/aromatic N) is 6. The Morgan fingerprint density at radius 2 is 2.00 bits per heavy atom. The highest BCUT2D eigenvalue weighted by Gasteiger charge is 2.32. The van der Waals surface area contributed by atoms with E-state index in [1.165, 1.54) is 23.4 Å². The number of aryl methyl sites for hydroxylation is 1. The van der Waals surface area contributed by atoms with Crippen molar-refractivity contribution < 1.29 is 28.2 Å². The van der Waals surface area contributed by atoms with Gasteiger partial charge in [0.2, 0.25) is 0 Å². The molecule has 5 aromatic rings. The van der Waals surface area contributed by atoms with E-state index in [4.69, 9.17) is 14.2 Å². The molecule has 0 unspecified atom stereocenters. The third kappa shape index (κ3) is 7.27. The first kappa shape index (κ1) is 31.7. The maximum absolute atomic E-state index is 13.7. The van der Waals surface area contributed by atoms with Crippen molar-refractivity contribution in [3.8, 4) is 0 Å². The lowest BCUT2D eigenvalue weighted by Crippen LogP contribution is -2.52. The van der Waals surface area contributed by atoms with Crippen LogP contribution in [0.15, 0.2) is 61.2 Å². The van der Waals surface area contributed by atoms with Gasteiger partial charge in [-0.2, -0.15) is 10.2 Å². The lowest BCUT2D eigenvalue weighted by molar-refractivity contribution is -0.0453. The summed E-state index contributed by atoms with van der Waals surface area (Å²) in [6.07, 6.45) is 4.33. The van der Waals surface area contributed by atoms with Gasteiger partial charge in [0.25, 0.3) is 0 Å². The van der Waals surface area contributed by atoms with E-state index >= 15 is 0 Å². The summed E-state index contributed by atoms with van der Waals surface area (Å²) in [4.78, 5) is 31.7. The fraction of sp³-hybridized carbons (Fsp3) is 0.364. The average molecular weight is 645 g/mol. The van der Waals surface area contributed by atoms with Gasteiger partial charge in [-0.25, -0.2) is 23.5 Å². The zero-order valence-electron chi connectivity index (χ0n) is 26.7. The van der Waals surface area contributed by atoms with Crippen LogP contribution in [0.1, 0.15) is 38.8 Å². The minimum absolute atomic E-state index is 0.0617. The molecule has 0 saturated carbocycles. The Kier molecular flexibility index (Phi) is 8.94. The largest absolute Gasteiger partial charge is 0.447 e. The number of aromatic nitrogens is 5. The molecule has 13 nitrogen and oxygen atoms in total. The third-order valence-corrected chi connectivity index (χ3v) is 7.66. The van der Waals surface area contributed by atoms with Crippen molar-refractivity contribution in [2.75, 3.05) is 37.0 Å². The molecule has 1 aliphatic heterocycles. The lowest BCUT2D eigenvalue weighted by atomic mass is 10.2. The van der Waals surface area contributed by atoms with Gasteiger partial charge in [0.05, 0.1) is 49.4 Å². The predicted octanol–water partition coefficient (Wildman–Crippen LogP) is 5.76. The van der Waals surface area contributed by atoms with Crippen LogP contribution in [-0.2, 0) is 27.2 Å². The second-order valence-electron chi connectivity index (χ2n) is 12.2. The molecule has 2 aromatic carbocycles. The Labute approximate surface area is 270 Å². The predicted molar refractivity (Wildman–Crippen MR) is 173 cm³/mol. The monoisotopic (exact) mass is 644 g/mol. The highest BCUT2D eigenvalue weighted by atomic mass is 19.1. The van der Waals surface area contributed by atoms with Crippen LogP contribution in [0.2, 0.25) is 0 Å². The molecule has 1 saturated heterocycles. The SMILES string of the molecule is CCc1c(NC(=O)OC[C@@H]2COCCN2C(=O)OC(C)(C)C)cn2ncnc(Nc3ccc4c(cnn4Cc4cccc(F)c4)c3)c12. The van der Waals surface area contributed by atoms with Crippen molar-refractivity contribution in [2.24, 2.45) is 0 Å². The van der Waals surface area contributed by atoms with E-state index in [0.29, 0.717) is 43.1 Å². The maximum Gasteiger partial charge on any atom is 0.411 e. The molecule has 246 valence electrons. The van der Waals surface area contributed by atoms with E-state index < -0.39 is 23.8 Å². The van der Waals surface area contributed by atoms with Gasteiger partial charge in [-0.15, -0.1) is 0 Å². The molecule has 6 rings (SSSR count). The van der Waals surface area contributed by atoms with Crippen LogP contribution >= 0.6 is 0 Å². The Balaban J connectivity index is 1.15. The quantitative estimate of drug-likeness (QED) is 0.216. The number of morpholine rings is 1. The van der Waals surface area contributed by atoms with Crippen LogP contribution in [0, 0.1) is 5.82 Å². The molecule has 2 N–H and O–H groups in total. The molecule has 0 bridgehead atoms. The van der Waals surface area contributed by atoms with E-state index in [1.54, 1.807) is 43.7 Å². The van der Waals surface area contributed by atoms with Crippen LogP contribution in [0.3, 0.4) is 0 Å². The Hall–Kier alpha value is -5.24. The second kappa shape index (κ2) is 13.2. The molecule has 1 aliphatic rings. The number of carbonyl (C=O) groups is 2. The second-order valence-corrected chi connectivity index (χ2v) is 12.2. The van der Waals surface area contributed by atoms with Crippen molar-refractivity contribution >= 4 is 45.8 Å². The topological polar surface area (TPSA) is 137 Å². The number of fused-ring (bicyclic) bond motifs is 2. The minimum Gasteiger partial charge on any atom is -0.447 e. The molecule has 0 spiro atoms. The van der Waals surface area contributed by atoms with E-state index in [-0.39, 0.29) is 19.0 Å². The van der Waals surface area contributed by atoms with Crippen molar-refractivity contribution in [1.29, 1.82) is 0 Å². The number of hydrogen-bond donors (Lipinski definition) is 2. The molecule has 2 amide bonds. The van der Waals surface area contributed by atoms with Crippen molar-refractivity contribution in [3.63, 3.8) is 0 Å². The summed E-state index contributed by atoms with van der Waals surface area (Å²) in [5.74, 6) is 0.270. The normalized spacial score (nSPS) is 15.2. The summed E-state index contributed by atoms with van der Waals surface area (Å²) >= 11 is 0. The van der Waals surface area contributed by atoms with Gasteiger partial charge in [0.15, 0.2) is 5.82 Å². The van der Waals surface area contributed by atoms with Gasteiger partial charge in [-0.05, 0) is 63.1 Å². The number of amides is 2. The van der Waals surface area contributed by atoms with E-state index in [9.17, 15) is 14.0 Å². The molecular weight excluding hydrogens is 607 g/mol. The first-order valence-corrected chi connectivity index (χ1v) is 15.4. The van der Waals surface area contributed by atoms with Gasteiger partial charge in [0.1, 0.15) is 29.9 Å². The van der Waals surface area contributed by atoms with Gasteiger partial charge in [-0.3, -0.25) is 14.9 Å². The summed E-state index contributed by atoms with van der Waals surface area (Å²) in [5, 5.41) is 16.0. The molecule has 14 heteroatoms. The number of benzene rings is 2. The van der Waals surface area contributed by atoms with Crippen LogP contribution in [-0.4, -0.2) is 79.5 Å². The highest BCUT2D eigenvalue weighted by Crippen LogP contribution is 2.31. The molecule has 4 heterocycles. The smallest absolute Gasteiger partial charge is 0.411 e. The fourth-order valence-corrected chi connectivity index (χ4v) is 5.54. The third-order valence-electron chi connectivity index (χ3n) is 7.66. The number of nitrogens with one attached hydrogen (secondary N) is 2. The van der Waals surface area contributed by atoms with Crippen molar-refractivity contribution in [3.05, 3.63) is 78.1 Å². The average Bonchev–Trinajstić information content (AvgIpc) is 3.59. The van der Waals surface area contributed by atoms with Crippen molar-refractivity contribution in [1.82, 2.24) is 29.3 Å². The molecular formula is C33H37FN8O5. The summed E-state index contributed by atoms with van der Waals surface area (Å²) in [7, 11) is 0. The van der Waals surface area contributed by atoms with E-state index in [0.717, 1.165) is 27.7 Å². The number of halogens is 1. The number of carbonyl (C=O) groups excluding carboxylic acids is 2. The Morgan fingerprint density at radius 3 is 2.79 bits per heavy atom. The zero-order chi connectivity index (χ0) is 33.1. The fourth-order valence-electron chi connectivity index (χ4n) is 5.54. The van der Waals surface area contributed by atoms with Gasteiger partial charge < -0.3 is 19.5 Å². The maximum atomic E-state index is 13.7. The summed E-state index contributed by atoms with van der Waals surface area (Å²) in [5.41, 5.74) is 3.89. The number of hydrogen-bond acceptors (Lipinski definition) is 9. The minimum atomic E-state index is -0.673. The van der Waals surface area contributed by atoms with E-state index in [1.807, 2.05) is 35.9 Å². The summed E-state index contributed by atoms with van der Waals surface area (Å²) in [6, 6.07) is 11.8. The zero-order valence-corrected chi connectivity index (χ0v) is 26.7. The molecule has 1 fully saturated rings. The molecule has 47 heavy (non-hydrogen) atoms. The van der Waals surface area contributed by atoms with Gasteiger partial charge in [-0.1, -0.05) is 19.1 Å². The van der Waals surface area contributed by atoms with Crippen LogP contribution in [0.25, 0.3) is 16.4 Å². The summed E-state index contributed by atoms with van der Waals surface area (Å²) < 4.78 is 33.7. The molecule has 3 aromatic heterocycles. The first-order chi connectivity index (χ1) is 22.6. The van der Waals surface area contributed by atoms with Gasteiger partial charge in [0, 0.05) is 23.2 Å². The molecule has 0 radical (unpaired) electrons. The van der Waals surface area contributed by atoms with Crippen LogP contribution in [0.5, 0.6) is 0 Å². The Bertz CT molecular complexity index is 1920. The van der Waals surface area contributed by atoms with E-state index in [2.05, 4.69) is 25.8 Å². The summed E-state index contributed by atoms with van der Waals surface area (Å²) in [6.45, 7) is 8.71. The molecule has 1 atom stereocenters. The number of ether oxygens (including phenoxy) is 3. The van der Waals surface area contributed by atoms with Crippen LogP contribution in [0.4, 0.5) is 31.2 Å². The highest BCUT2D eigenvalue weighted by molar-refractivity contribution is 5.91. The molecule has 0 aliphatic carbocycles. The standard InChI is InChI=1S/C33H37FN8O5/c1-5-26-27(39-31(43)46-19-25-18-45-12-11-40(25)32(44)47-33(2,3)4)17-42-29(26)30(35-20-37-42)38-24-9-10-28-22(14-24)15-36-41(28)16-21-7-6-8-23(34)13-21/h6-10,13-15,17,20,25H,5,11-12,16,18-19H2,1-4H3,(H,39,43)(H,35,37,38)/t25-/m0/s1. The van der Waals surface area contributed by atoms with Crippen molar-refractivity contribution in [2.45, 2.75) is 52.3 Å². The van der Waals surface area contributed by atoms with Gasteiger partial charge >= 0.3 is 12.2 Å². The lowest BCUT2D eigenvalue weighted by Gasteiger charge is -2.36. The first-order valence-electron chi connectivity index (χ1n) is 15.4. The Morgan fingerprint density at radius 1 is 1.15 bits per heavy atom. The van der Waals surface area contributed by atoms with Crippen LogP contribution < -0.4 is 10.6 Å².